The second-order valence-corrected chi connectivity index (χ2v) is 4.06. The Morgan fingerprint density at radius 3 is 2.29 bits per heavy atom. The van der Waals surface area contributed by atoms with Crippen molar-refractivity contribution in [3.8, 4) is 0 Å². The molecule has 0 fully saturated rings. The molecule has 0 aromatic heterocycles. The normalized spacial score (nSPS) is 11.1. The zero-order chi connectivity index (χ0) is 11.2. The third-order valence-corrected chi connectivity index (χ3v) is 2.45. The van der Waals surface area contributed by atoms with E-state index in [1.54, 1.807) is 13.8 Å². The molecule has 0 heterocycles. The second-order valence-electron chi connectivity index (χ2n) is 3.69. The minimum Gasteiger partial charge on any atom is -0.468 e. The zero-order valence-corrected chi connectivity index (χ0v) is 9.69. The number of rotatable bonds is 6. The number of Topliss-reactive ketones (excluding diaryl/α,β-unsaturated/α-hetero) is 1. The first kappa shape index (κ1) is 13.4. The molecule has 82 valence electrons. The van der Waals surface area contributed by atoms with Crippen molar-refractivity contribution in [3.63, 3.8) is 0 Å². The predicted octanol–water partition coefficient (Wildman–Crippen LogP) is 2.16. The van der Waals surface area contributed by atoms with Crippen LogP contribution in [0, 0.1) is 5.41 Å². The molecule has 14 heavy (non-hydrogen) atoms. The number of hydrogen-bond donors (Lipinski definition) is 0. The molecule has 4 heteroatoms. The molecule has 0 amide bonds. The summed E-state index contributed by atoms with van der Waals surface area (Å²) in [6, 6.07) is 0. The molecule has 0 aliphatic rings. The van der Waals surface area contributed by atoms with Gasteiger partial charge in [0.15, 0.2) is 0 Å². The minimum absolute atomic E-state index is 0.0885. The Kier molecular flexibility index (Phi) is 5.77. The summed E-state index contributed by atoms with van der Waals surface area (Å²) < 4.78 is 4.56. The Balaban J connectivity index is 4.15. The van der Waals surface area contributed by atoms with E-state index in [4.69, 9.17) is 11.6 Å². The average Bonchev–Trinajstić information content (AvgIpc) is 2.16. The first-order valence-corrected chi connectivity index (χ1v) is 5.18. The monoisotopic (exact) mass is 220 g/mol. The molecule has 0 rings (SSSR count). The summed E-state index contributed by atoms with van der Waals surface area (Å²) in [6.45, 7) is 3.17. The van der Waals surface area contributed by atoms with Gasteiger partial charge < -0.3 is 4.74 Å². The Labute approximate surface area is 89.8 Å². The third kappa shape index (κ3) is 3.66. The number of ether oxygens (including phenoxy) is 1. The number of ketones is 1. The highest BCUT2D eigenvalue weighted by Crippen LogP contribution is 2.21. The molecule has 0 N–H and O–H groups in total. The summed E-state index contributed by atoms with van der Waals surface area (Å²) in [5, 5.41) is 0. The highest BCUT2D eigenvalue weighted by molar-refractivity contribution is 6.17. The Bertz CT molecular complexity index is 211. The van der Waals surface area contributed by atoms with Gasteiger partial charge in [0.1, 0.15) is 11.2 Å². The molecule has 0 aromatic carbocycles. The van der Waals surface area contributed by atoms with E-state index >= 15 is 0 Å². The second kappa shape index (κ2) is 6.02. The van der Waals surface area contributed by atoms with E-state index in [9.17, 15) is 9.59 Å². The fourth-order valence-electron chi connectivity index (χ4n) is 1.06. The van der Waals surface area contributed by atoms with Crippen molar-refractivity contribution in [2.75, 3.05) is 13.0 Å². The van der Waals surface area contributed by atoms with Crippen LogP contribution in [0.2, 0.25) is 0 Å². The lowest BCUT2D eigenvalue weighted by Crippen LogP contribution is -2.34. The molecule has 0 saturated heterocycles. The first-order chi connectivity index (χ1) is 6.46. The molecule has 0 atom stereocenters. The Morgan fingerprint density at radius 1 is 1.29 bits per heavy atom. The van der Waals surface area contributed by atoms with Crippen LogP contribution < -0.4 is 0 Å². The number of unbranched alkanes of at least 4 members (excludes halogenated alkanes) is 1. The first-order valence-electron chi connectivity index (χ1n) is 4.64. The summed E-state index contributed by atoms with van der Waals surface area (Å²) in [4.78, 5) is 22.8. The average molecular weight is 221 g/mol. The van der Waals surface area contributed by atoms with Gasteiger partial charge in [-0.3, -0.25) is 9.59 Å². The van der Waals surface area contributed by atoms with Gasteiger partial charge in [0.2, 0.25) is 0 Å². The van der Waals surface area contributed by atoms with Crippen LogP contribution in [0.25, 0.3) is 0 Å². The number of alkyl halides is 1. The van der Waals surface area contributed by atoms with Crippen molar-refractivity contribution in [2.24, 2.45) is 5.41 Å². The smallest absolute Gasteiger partial charge is 0.318 e. The van der Waals surface area contributed by atoms with Crippen molar-refractivity contribution in [1.82, 2.24) is 0 Å². The predicted molar refractivity (Wildman–Crippen MR) is 55.4 cm³/mol. The summed E-state index contributed by atoms with van der Waals surface area (Å²) in [5.41, 5.74) is -1.03. The van der Waals surface area contributed by atoms with E-state index in [0.717, 1.165) is 12.8 Å². The molecular weight excluding hydrogens is 204 g/mol. The van der Waals surface area contributed by atoms with E-state index in [1.807, 2.05) is 0 Å². The van der Waals surface area contributed by atoms with E-state index in [2.05, 4.69) is 4.74 Å². The number of carbonyl (C=O) groups excluding carboxylic acids is 2. The topological polar surface area (TPSA) is 43.4 Å². The maximum absolute atomic E-state index is 11.6. The van der Waals surface area contributed by atoms with Crippen molar-refractivity contribution in [3.05, 3.63) is 0 Å². The summed E-state index contributed by atoms with van der Waals surface area (Å²) >= 11 is 5.49. The Morgan fingerprint density at radius 2 is 1.86 bits per heavy atom. The van der Waals surface area contributed by atoms with Gasteiger partial charge in [0.25, 0.3) is 0 Å². The van der Waals surface area contributed by atoms with Gasteiger partial charge in [-0.2, -0.15) is 0 Å². The van der Waals surface area contributed by atoms with E-state index in [1.165, 1.54) is 7.11 Å². The molecule has 0 aromatic rings. The largest absolute Gasteiger partial charge is 0.468 e. The maximum atomic E-state index is 11.6. The van der Waals surface area contributed by atoms with E-state index < -0.39 is 11.4 Å². The lowest BCUT2D eigenvalue weighted by atomic mass is 9.85. The van der Waals surface area contributed by atoms with Gasteiger partial charge in [-0.15, -0.1) is 11.6 Å². The van der Waals surface area contributed by atoms with E-state index in [-0.39, 0.29) is 5.78 Å². The highest BCUT2D eigenvalue weighted by Gasteiger charge is 2.35. The number of methoxy groups -OCH3 is 1. The molecule has 0 bridgehead atoms. The van der Waals surface area contributed by atoms with Crippen LogP contribution in [0.5, 0.6) is 0 Å². The van der Waals surface area contributed by atoms with Gasteiger partial charge in [0, 0.05) is 12.3 Å². The van der Waals surface area contributed by atoms with Crippen molar-refractivity contribution < 1.29 is 14.3 Å². The number of carbonyl (C=O) groups is 2. The minimum atomic E-state index is -1.03. The van der Waals surface area contributed by atoms with Gasteiger partial charge in [-0.25, -0.2) is 0 Å². The number of halogens is 1. The van der Waals surface area contributed by atoms with Crippen LogP contribution in [0.15, 0.2) is 0 Å². The number of esters is 1. The fraction of sp³-hybridized carbons (Fsp3) is 0.800. The maximum Gasteiger partial charge on any atom is 0.318 e. The van der Waals surface area contributed by atoms with Gasteiger partial charge >= 0.3 is 5.97 Å². The third-order valence-electron chi connectivity index (χ3n) is 2.18. The van der Waals surface area contributed by atoms with Crippen LogP contribution >= 0.6 is 11.6 Å². The molecule has 0 spiro atoms. The lowest BCUT2D eigenvalue weighted by molar-refractivity contribution is -0.155. The molecule has 0 aliphatic carbocycles. The number of hydrogen-bond acceptors (Lipinski definition) is 3. The van der Waals surface area contributed by atoms with Gasteiger partial charge in [-0.1, -0.05) is 0 Å². The van der Waals surface area contributed by atoms with Crippen molar-refractivity contribution in [2.45, 2.75) is 33.1 Å². The molecular formula is C10H17ClO3. The molecule has 3 nitrogen and oxygen atoms in total. The van der Waals surface area contributed by atoms with Crippen LogP contribution in [0.3, 0.4) is 0 Å². The SMILES string of the molecule is COC(=O)C(C)(C)C(=O)CCCCCl. The summed E-state index contributed by atoms with van der Waals surface area (Å²) in [5.74, 6) is -0.0193. The van der Waals surface area contributed by atoms with Gasteiger partial charge in [-0.05, 0) is 26.7 Å². The zero-order valence-electron chi connectivity index (χ0n) is 8.93. The van der Waals surface area contributed by atoms with Crippen LogP contribution in [-0.4, -0.2) is 24.7 Å². The van der Waals surface area contributed by atoms with E-state index in [0.29, 0.717) is 12.3 Å². The fourth-order valence-corrected chi connectivity index (χ4v) is 1.25. The molecule has 0 aliphatic heterocycles. The Hall–Kier alpha value is -0.570. The summed E-state index contributed by atoms with van der Waals surface area (Å²) in [6.07, 6.45) is 1.90. The standard InChI is InChI=1S/C10H17ClO3/c1-10(2,9(13)14-3)8(12)6-4-5-7-11/h4-7H2,1-3H3. The molecule has 0 unspecified atom stereocenters. The quantitative estimate of drug-likeness (QED) is 0.298. The van der Waals surface area contributed by atoms with Crippen LogP contribution in [0.1, 0.15) is 33.1 Å². The lowest BCUT2D eigenvalue weighted by Gasteiger charge is -2.19. The van der Waals surface area contributed by atoms with Crippen LogP contribution in [-0.2, 0) is 14.3 Å². The molecule has 0 radical (unpaired) electrons. The summed E-state index contributed by atoms with van der Waals surface area (Å²) in [7, 11) is 1.29. The van der Waals surface area contributed by atoms with Crippen molar-refractivity contribution in [1.29, 1.82) is 0 Å². The van der Waals surface area contributed by atoms with Crippen molar-refractivity contribution >= 4 is 23.4 Å². The van der Waals surface area contributed by atoms with Gasteiger partial charge in [0.05, 0.1) is 7.11 Å². The molecule has 0 saturated carbocycles. The highest BCUT2D eigenvalue weighted by atomic mass is 35.5. The van der Waals surface area contributed by atoms with Crippen LogP contribution in [0.4, 0.5) is 0 Å².